The molecule has 0 aliphatic carbocycles. The first-order chi connectivity index (χ1) is 13.2. The number of hydrogen-bond acceptors (Lipinski definition) is 2. The lowest BCUT2D eigenvalue weighted by Crippen LogP contribution is -2.42. The summed E-state index contributed by atoms with van der Waals surface area (Å²) in [5.74, 6) is -2.90. The average molecular weight is 389 g/mol. The van der Waals surface area contributed by atoms with Gasteiger partial charge < -0.3 is 4.90 Å². The highest BCUT2D eigenvalue weighted by Gasteiger charge is 2.35. The van der Waals surface area contributed by atoms with Crippen LogP contribution in [0.15, 0.2) is 48.2 Å². The summed E-state index contributed by atoms with van der Waals surface area (Å²) in [6, 6.07) is 3.53. The van der Waals surface area contributed by atoms with Crippen molar-refractivity contribution >= 4 is 11.5 Å². The van der Waals surface area contributed by atoms with Crippen LogP contribution in [0, 0.1) is 0 Å². The van der Waals surface area contributed by atoms with Crippen molar-refractivity contribution in [3.05, 3.63) is 59.5 Å². The number of hydrogen-bond donors (Lipinski definition) is 0. The van der Waals surface area contributed by atoms with Gasteiger partial charge in [0.1, 0.15) is 0 Å². The molecule has 0 N–H and O–H groups in total. The standard InChI is InChI=1S/C23H30F2N2O/c1-5-6-7-18(4)15-20(14-17(2)3)21-9-8-19(16-26-21)22(28)27-12-10-23(24,25)11-13-27/h8-9,14-16H,4-7,10-13H2,1-3H3. The number of amides is 1. The summed E-state index contributed by atoms with van der Waals surface area (Å²) >= 11 is 0. The quantitative estimate of drug-likeness (QED) is 0.533. The second-order valence-corrected chi connectivity index (χ2v) is 7.66. The lowest BCUT2D eigenvalue weighted by molar-refractivity contribution is -0.0494. The number of allylic oxidation sites excluding steroid dienone is 5. The van der Waals surface area contributed by atoms with Crippen LogP contribution in [-0.4, -0.2) is 34.8 Å². The third kappa shape index (κ3) is 6.39. The molecule has 2 rings (SSSR count). The summed E-state index contributed by atoms with van der Waals surface area (Å²) < 4.78 is 26.6. The molecule has 1 aliphatic heterocycles. The molecule has 5 heteroatoms. The molecule has 0 atom stereocenters. The van der Waals surface area contributed by atoms with E-state index in [0.717, 1.165) is 41.7 Å². The van der Waals surface area contributed by atoms with Crippen molar-refractivity contribution in [1.29, 1.82) is 0 Å². The van der Waals surface area contributed by atoms with Gasteiger partial charge in [0.05, 0.1) is 11.3 Å². The minimum atomic E-state index is -2.66. The average Bonchev–Trinajstić information content (AvgIpc) is 2.65. The maximum Gasteiger partial charge on any atom is 0.255 e. The molecule has 0 aromatic carbocycles. The second-order valence-electron chi connectivity index (χ2n) is 7.66. The number of nitrogens with zero attached hydrogens (tertiary/aromatic N) is 2. The highest BCUT2D eigenvalue weighted by molar-refractivity contribution is 5.94. The molecule has 1 amide bonds. The van der Waals surface area contributed by atoms with Crippen molar-refractivity contribution in [3.8, 4) is 0 Å². The van der Waals surface area contributed by atoms with E-state index in [-0.39, 0.29) is 31.8 Å². The van der Waals surface area contributed by atoms with Gasteiger partial charge in [-0.3, -0.25) is 9.78 Å². The Hall–Kier alpha value is -2.30. The Morgan fingerprint density at radius 2 is 1.93 bits per heavy atom. The number of carbonyl (C=O) groups excluding carboxylic acids is 1. The Kier molecular flexibility index (Phi) is 7.67. The van der Waals surface area contributed by atoms with Crippen LogP contribution in [0.25, 0.3) is 5.57 Å². The summed E-state index contributed by atoms with van der Waals surface area (Å²) in [5.41, 5.74) is 4.34. The van der Waals surface area contributed by atoms with Gasteiger partial charge in [0.2, 0.25) is 0 Å². The van der Waals surface area contributed by atoms with Crippen LogP contribution < -0.4 is 0 Å². The fraction of sp³-hybridized carbons (Fsp3) is 0.478. The molecule has 1 saturated heterocycles. The Morgan fingerprint density at radius 1 is 1.25 bits per heavy atom. The van der Waals surface area contributed by atoms with Crippen LogP contribution in [0.3, 0.4) is 0 Å². The monoisotopic (exact) mass is 388 g/mol. The predicted octanol–water partition coefficient (Wildman–Crippen LogP) is 6.05. The van der Waals surface area contributed by atoms with Gasteiger partial charge in [-0.2, -0.15) is 0 Å². The van der Waals surface area contributed by atoms with Crippen molar-refractivity contribution in [2.24, 2.45) is 0 Å². The van der Waals surface area contributed by atoms with E-state index in [4.69, 9.17) is 0 Å². The number of alkyl halides is 2. The van der Waals surface area contributed by atoms with Crippen molar-refractivity contribution in [2.45, 2.75) is 58.8 Å². The topological polar surface area (TPSA) is 33.2 Å². The van der Waals surface area contributed by atoms with Gasteiger partial charge >= 0.3 is 0 Å². The smallest absolute Gasteiger partial charge is 0.255 e. The van der Waals surface area contributed by atoms with Crippen molar-refractivity contribution in [2.75, 3.05) is 13.1 Å². The number of unbranched alkanes of at least 4 members (excludes halogenated alkanes) is 1. The van der Waals surface area contributed by atoms with Crippen LogP contribution in [0.5, 0.6) is 0 Å². The normalized spacial score (nSPS) is 16.6. The Morgan fingerprint density at radius 3 is 2.46 bits per heavy atom. The van der Waals surface area contributed by atoms with E-state index < -0.39 is 5.92 Å². The molecule has 3 nitrogen and oxygen atoms in total. The van der Waals surface area contributed by atoms with Gasteiger partial charge in [0.15, 0.2) is 0 Å². The van der Waals surface area contributed by atoms with E-state index in [1.807, 2.05) is 32.1 Å². The molecule has 1 fully saturated rings. The number of likely N-dealkylation sites (tertiary alicyclic amines) is 1. The van der Waals surface area contributed by atoms with E-state index in [1.54, 1.807) is 6.07 Å². The SMILES string of the molecule is C=C(C=C(C=C(C)C)c1ccc(C(=O)N2CCC(F)(F)CC2)cn1)CCCC. The first kappa shape index (κ1) is 22.0. The predicted molar refractivity (Wildman–Crippen MR) is 110 cm³/mol. The number of carbonyl (C=O) groups is 1. The molecule has 0 unspecified atom stereocenters. The van der Waals surface area contributed by atoms with Gasteiger partial charge in [-0.25, -0.2) is 8.78 Å². The lowest BCUT2D eigenvalue weighted by Gasteiger charge is -2.31. The molecule has 28 heavy (non-hydrogen) atoms. The first-order valence-corrected chi connectivity index (χ1v) is 9.90. The zero-order valence-electron chi connectivity index (χ0n) is 17.1. The van der Waals surface area contributed by atoms with E-state index in [9.17, 15) is 13.6 Å². The van der Waals surface area contributed by atoms with Crippen LogP contribution in [-0.2, 0) is 0 Å². The minimum Gasteiger partial charge on any atom is -0.338 e. The maximum atomic E-state index is 13.3. The third-order valence-corrected chi connectivity index (χ3v) is 4.74. The zero-order valence-corrected chi connectivity index (χ0v) is 17.1. The molecule has 1 aromatic rings. The number of halogens is 2. The Labute approximate surface area is 166 Å². The van der Waals surface area contributed by atoms with Crippen LogP contribution in [0.2, 0.25) is 0 Å². The molecule has 2 heterocycles. The van der Waals surface area contributed by atoms with E-state index in [1.165, 1.54) is 11.1 Å². The first-order valence-electron chi connectivity index (χ1n) is 9.90. The van der Waals surface area contributed by atoms with Gasteiger partial charge in [0, 0.05) is 37.7 Å². The van der Waals surface area contributed by atoms with Crippen LogP contribution in [0.1, 0.15) is 68.9 Å². The van der Waals surface area contributed by atoms with Crippen LogP contribution >= 0.6 is 0 Å². The summed E-state index contributed by atoms with van der Waals surface area (Å²) in [7, 11) is 0. The summed E-state index contributed by atoms with van der Waals surface area (Å²) in [5, 5.41) is 0. The number of piperidine rings is 1. The minimum absolute atomic E-state index is 0.0771. The molecule has 1 aliphatic rings. The lowest BCUT2D eigenvalue weighted by atomic mass is 10.0. The molecule has 0 spiro atoms. The van der Waals surface area contributed by atoms with Crippen molar-refractivity contribution < 1.29 is 13.6 Å². The summed E-state index contributed by atoms with van der Waals surface area (Å²) in [6.45, 7) is 10.5. The fourth-order valence-electron chi connectivity index (χ4n) is 3.11. The number of pyridine rings is 1. The molecule has 152 valence electrons. The highest BCUT2D eigenvalue weighted by atomic mass is 19.3. The van der Waals surface area contributed by atoms with Gasteiger partial charge in [-0.15, -0.1) is 0 Å². The number of aromatic nitrogens is 1. The Bertz CT molecular complexity index is 749. The molecule has 0 bridgehead atoms. The van der Waals surface area contributed by atoms with Crippen molar-refractivity contribution in [3.63, 3.8) is 0 Å². The fourth-order valence-corrected chi connectivity index (χ4v) is 3.11. The van der Waals surface area contributed by atoms with E-state index >= 15 is 0 Å². The molecule has 1 aromatic heterocycles. The van der Waals surface area contributed by atoms with Gasteiger partial charge in [-0.05, 0) is 38.8 Å². The van der Waals surface area contributed by atoms with E-state index in [2.05, 4.69) is 18.5 Å². The maximum absolute atomic E-state index is 13.3. The van der Waals surface area contributed by atoms with Crippen molar-refractivity contribution in [1.82, 2.24) is 9.88 Å². The molecule has 0 saturated carbocycles. The molecular formula is C23H30F2N2O. The van der Waals surface area contributed by atoms with Gasteiger partial charge in [-0.1, -0.05) is 43.2 Å². The second kappa shape index (κ2) is 9.76. The summed E-state index contributed by atoms with van der Waals surface area (Å²) in [6.07, 6.45) is 8.20. The largest absolute Gasteiger partial charge is 0.338 e. The van der Waals surface area contributed by atoms with Crippen LogP contribution in [0.4, 0.5) is 8.78 Å². The summed E-state index contributed by atoms with van der Waals surface area (Å²) in [4.78, 5) is 18.5. The van der Waals surface area contributed by atoms with E-state index in [0.29, 0.717) is 5.56 Å². The van der Waals surface area contributed by atoms with Gasteiger partial charge in [0.25, 0.3) is 11.8 Å². The highest BCUT2D eigenvalue weighted by Crippen LogP contribution is 2.28. The molecule has 0 radical (unpaired) electrons. The number of rotatable bonds is 7. The zero-order chi connectivity index (χ0) is 20.7. The molecular weight excluding hydrogens is 358 g/mol. The third-order valence-electron chi connectivity index (χ3n) is 4.74. The Balaban J connectivity index is 2.16.